The Morgan fingerprint density at radius 3 is 2.54 bits per heavy atom. The second kappa shape index (κ2) is 9.61. The first-order valence-corrected chi connectivity index (χ1v) is 9.25. The molecular weight excluding hydrogens is 373 g/mol. The van der Waals surface area contributed by atoms with E-state index in [-0.39, 0.29) is 31.0 Å². The number of aryl methyl sites for hydroxylation is 1. The second-order valence-electron chi connectivity index (χ2n) is 6.41. The fraction of sp³-hybridized carbons (Fsp3) is 0.625. The number of thiophene rings is 1. The predicted octanol–water partition coefficient (Wildman–Crippen LogP) is 4.15. The van der Waals surface area contributed by atoms with Gasteiger partial charge in [-0.25, -0.2) is 4.79 Å². The third-order valence-corrected chi connectivity index (χ3v) is 4.72. The lowest BCUT2D eigenvalue weighted by molar-refractivity contribution is -0.142. The molecule has 0 aliphatic heterocycles. The summed E-state index contributed by atoms with van der Waals surface area (Å²) in [6.07, 6.45) is 1.65. The van der Waals surface area contributed by atoms with Gasteiger partial charge >= 0.3 is 5.97 Å². The minimum Gasteiger partial charge on any atom is -0.480 e. The molecule has 1 heterocycles. The van der Waals surface area contributed by atoms with Crippen molar-refractivity contribution in [3.05, 3.63) is 20.3 Å². The van der Waals surface area contributed by atoms with E-state index in [1.54, 1.807) is 6.07 Å². The Kier molecular flexibility index (Phi) is 8.50. The molecule has 24 heavy (non-hydrogen) atoms. The Hall–Kier alpha value is -0.820. The highest BCUT2D eigenvalue weighted by Gasteiger charge is 2.21. The van der Waals surface area contributed by atoms with E-state index in [0.717, 1.165) is 5.56 Å². The van der Waals surface area contributed by atoms with Gasteiger partial charge in [-0.3, -0.25) is 4.79 Å². The van der Waals surface area contributed by atoms with Gasteiger partial charge in [0.15, 0.2) is 0 Å². The molecule has 5 nitrogen and oxygen atoms in total. The smallest absolute Gasteiger partial charge is 0.326 e. The van der Waals surface area contributed by atoms with Gasteiger partial charge < -0.3 is 15.2 Å². The lowest BCUT2D eigenvalue weighted by Gasteiger charge is -2.21. The van der Waals surface area contributed by atoms with Crippen molar-refractivity contribution in [2.75, 3.05) is 6.61 Å². The molecule has 1 aromatic heterocycles. The van der Waals surface area contributed by atoms with E-state index in [2.05, 4.69) is 5.32 Å². The van der Waals surface area contributed by atoms with Crippen LogP contribution in [0.5, 0.6) is 0 Å². The summed E-state index contributed by atoms with van der Waals surface area (Å²) in [6.45, 7) is 5.94. The summed E-state index contributed by atoms with van der Waals surface area (Å²) in [5.41, 5.74) is 0.571. The molecule has 0 saturated heterocycles. The van der Waals surface area contributed by atoms with Gasteiger partial charge in [-0.05, 0) is 45.2 Å². The van der Waals surface area contributed by atoms with E-state index in [1.807, 2.05) is 20.8 Å². The number of carboxylic acids is 1. The molecule has 2 N–H and O–H groups in total. The quantitative estimate of drug-likeness (QED) is 0.658. The minimum atomic E-state index is -1.06. The van der Waals surface area contributed by atoms with Crippen molar-refractivity contribution in [1.82, 2.24) is 5.32 Å². The number of aliphatic carboxylic acids is 1. The summed E-state index contributed by atoms with van der Waals surface area (Å²) in [5, 5.41) is 11.7. The van der Waals surface area contributed by atoms with Crippen LogP contribution in [0.3, 0.4) is 0 Å². The third-order valence-electron chi connectivity index (χ3n) is 3.15. The van der Waals surface area contributed by atoms with Crippen LogP contribution >= 0.6 is 34.5 Å². The molecule has 8 heteroatoms. The highest BCUT2D eigenvalue weighted by molar-refractivity contribution is 7.20. The molecular formula is C16H23Cl2NO4S. The second-order valence-corrected chi connectivity index (χ2v) is 8.70. The highest BCUT2D eigenvalue weighted by atomic mass is 35.5. The predicted molar refractivity (Wildman–Crippen MR) is 97.2 cm³/mol. The normalized spacial score (nSPS) is 12.9. The minimum absolute atomic E-state index is 0.226. The fourth-order valence-electron chi connectivity index (χ4n) is 1.99. The average Bonchev–Trinajstić information content (AvgIpc) is 2.74. The van der Waals surface area contributed by atoms with Crippen LogP contribution in [0.4, 0.5) is 0 Å². The zero-order chi connectivity index (χ0) is 18.3. The van der Waals surface area contributed by atoms with Crippen molar-refractivity contribution in [2.24, 2.45) is 0 Å². The van der Waals surface area contributed by atoms with E-state index in [4.69, 9.17) is 27.9 Å². The largest absolute Gasteiger partial charge is 0.480 e. The number of carbonyl (C=O) groups excluding carboxylic acids is 1. The first-order chi connectivity index (χ1) is 11.1. The van der Waals surface area contributed by atoms with Gasteiger partial charge in [-0.1, -0.05) is 23.2 Å². The molecule has 1 amide bonds. The van der Waals surface area contributed by atoms with E-state index < -0.39 is 12.0 Å². The summed E-state index contributed by atoms with van der Waals surface area (Å²) in [5.74, 6) is -1.36. The molecule has 136 valence electrons. The molecule has 1 atom stereocenters. The Bertz CT molecular complexity index is 569. The molecule has 0 spiro atoms. The molecule has 1 aromatic rings. The monoisotopic (exact) mass is 395 g/mol. The summed E-state index contributed by atoms with van der Waals surface area (Å²) < 4.78 is 6.75. The Morgan fingerprint density at radius 2 is 2.04 bits per heavy atom. The van der Waals surface area contributed by atoms with E-state index in [0.29, 0.717) is 21.5 Å². The van der Waals surface area contributed by atoms with Crippen molar-refractivity contribution >= 4 is 46.4 Å². The van der Waals surface area contributed by atoms with Gasteiger partial charge in [0, 0.05) is 19.4 Å². The van der Waals surface area contributed by atoms with Gasteiger partial charge in [0.2, 0.25) is 5.91 Å². The lowest BCUT2D eigenvalue weighted by Crippen LogP contribution is -2.42. The molecule has 0 radical (unpaired) electrons. The number of nitrogens with one attached hydrogen (secondary N) is 1. The summed E-state index contributed by atoms with van der Waals surface area (Å²) in [6, 6.07) is 0.843. The molecule has 0 fully saturated rings. The maximum Gasteiger partial charge on any atom is 0.326 e. The third kappa shape index (κ3) is 8.33. The molecule has 0 aliphatic carbocycles. The number of hydrogen-bond acceptors (Lipinski definition) is 4. The van der Waals surface area contributed by atoms with Gasteiger partial charge in [0.05, 0.1) is 14.3 Å². The Balaban J connectivity index is 2.37. The number of carboxylic acid groups (broad SMARTS) is 1. The maximum absolute atomic E-state index is 11.9. The number of halogens is 2. The molecule has 0 saturated carbocycles. The van der Waals surface area contributed by atoms with Gasteiger partial charge in [0.1, 0.15) is 6.04 Å². The summed E-state index contributed by atoms with van der Waals surface area (Å²) >= 11 is 13.2. The SMILES string of the molecule is CC(C)(C)OCCC(NC(=O)CCCc1cc(Cl)sc1Cl)C(=O)O. The Labute approximate surface area is 156 Å². The zero-order valence-corrected chi connectivity index (χ0v) is 16.4. The number of carbonyl (C=O) groups is 2. The van der Waals surface area contributed by atoms with Crippen LogP contribution in [0.1, 0.15) is 45.6 Å². The van der Waals surface area contributed by atoms with Crippen LogP contribution in [-0.2, 0) is 20.7 Å². The van der Waals surface area contributed by atoms with Crippen molar-refractivity contribution in [3.8, 4) is 0 Å². The van der Waals surface area contributed by atoms with Gasteiger partial charge in [-0.15, -0.1) is 11.3 Å². The van der Waals surface area contributed by atoms with Gasteiger partial charge in [0.25, 0.3) is 0 Å². The van der Waals surface area contributed by atoms with Crippen molar-refractivity contribution in [3.63, 3.8) is 0 Å². The average molecular weight is 396 g/mol. The molecule has 0 bridgehead atoms. The number of rotatable bonds is 9. The van der Waals surface area contributed by atoms with Crippen LogP contribution in [0.2, 0.25) is 8.67 Å². The van der Waals surface area contributed by atoms with E-state index in [1.165, 1.54) is 11.3 Å². The zero-order valence-electron chi connectivity index (χ0n) is 14.0. The van der Waals surface area contributed by atoms with Crippen LogP contribution < -0.4 is 5.32 Å². The van der Waals surface area contributed by atoms with Crippen molar-refractivity contribution < 1.29 is 19.4 Å². The highest BCUT2D eigenvalue weighted by Crippen LogP contribution is 2.32. The van der Waals surface area contributed by atoms with Crippen LogP contribution in [0, 0.1) is 0 Å². The van der Waals surface area contributed by atoms with Crippen LogP contribution in [0.15, 0.2) is 6.07 Å². The van der Waals surface area contributed by atoms with Crippen LogP contribution in [-0.4, -0.2) is 35.2 Å². The van der Waals surface area contributed by atoms with E-state index in [9.17, 15) is 14.7 Å². The first kappa shape index (κ1) is 21.2. The topological polar surface area (TPSA) is 75.6 Å². The number of hydrogen-bond donors (Lipinski definition) is 2. The molecule has 1 rings (SSSR count). The lowest BCUT2D eigenvalue weighted by atomic mass is 10.1. The maximum atomic E-state index is 11.9. The molecule has 0 aromatic carbocycles. The van der Waals surface area contributed by atoms with Crippen molar-refractivity contribution in [1.29, 1.82) is 0 Å². The van der Waals surface area contributed by atoms with Crippen molar-refractivity contribution in [2.45, 2.75) is 58.1 Å². The number of ether oxygens (including phenoxy) is 1. The standard InChI is InChI=1S/C16H23Cl2NO4S/c1-16(2,3)23-8-7-11(15(21)22)19-13(20)6-4-5-10-9-12(17)24-14(10)18/h9,11H,4-8H2,1-3H3,(H,19,20)(H,21,22). The van der Waals surface area contributed by atoms with Crippen LogP contribution in [0.25, 0.3) is 0 Å². The Morgan fingerprint density at radius 1 is 1.38 bits per heavy atom. The first-order valence-electron chi connectivity index (χ1n) is 7.68. The van der Waals surface area contributed by atoms with E-state index >= 15 is 0 Å². The molecule has 1 unspecified atom stereocenters. The van der Waals surface area contributed by atoms with Gasteiger partial charge in [-0.2, -0.15) is 0 Å². The molecule has 0 aliphatic rings. The summed E-state index contributed by atoms with van der Waals surface area (Å²) in [7, 11) is 0. The summed E-state index contributed by atoms with van der Waals surface area (Å²) in [4.78, 5) is 23.2. The number of amides is 1. The fourth-order valence-corrected chi connectivity index (χ4v) is 3.54.